The third kappa shape index (κ3) is 5.66. The summed E-state index contributed by atoms with van der Waals surface area (Å²) < 4.78 is 16.4. The Labute approximate surface area is 238 Å². The third-order valence-electron chi connectivity index (χ3n) is 7.26. The Kier molecular flexibility index (Phi) is 7.79. The Morgan fingerprint density at radius 1 is 1.00 bits per heavy atom. The standard InChI is InChI=1S/C32H32N2O7/c1-32(2,3)28(35)27(30(37)40-19-21-11-6-4-7-12-21)33-24(17-16-23-15-10-18-39-23)26(29(33)36)34-25(20-41-31(34)38)22-13-8-5-9-14-22/h4-18,24-27H,19-20H2,1-3H3/b17-16+/t24-,25-,26+,27?/m1/s1. The van der Waals surface area contributed by atoms with Crippen molar-refractivity contribution in [3.63, 3.8) is 0 Å². The van der Waals surface area contributed by atoms with Crippen LogP contribution in [0, 0.1) is 5.41 Å². The summed E-state index contributed by atoms with van der Waals surface area (Å²) in [5.74, 6) is -1.34. The number of benzene rings is 2. The normalized spacial score (nSPS) is 21.5. The number of nitrogens with zero attached hydrogens (tertiary/aromatic N) is 2. The molecule has 5 rings (SSSR count). The lowest BCUT2D eigenvalue weighted by Crippen LogP contribution is -2.75. The molecule has 3 aromatic rings. The zero-order valence-electron chi connectivity index (χ0n) is 23.1. The van der Waals surface area contributed by atoms with Gasteiger partial charge in [0.05, 0.1) is 18.3 Å². The van der Waals surface area contributed by atoms with E-state index < -0.39 is 53.3 Å². The van der Waals surface area contributed by atoms with Gasteiger partial charge in [-0.3, -0.25) is 14.5 Å². The summed E-state index contributed by atoms with van der Waals surface area (Å²) in [7, 11) is 0. The number of rotatable bonds is 9. The van der Waals surface area contributed by atoms with Crippen molar-refractivity contribution in [1.29, 1.82) is 0 Å². The van der Waals surface area contributed by atoms with Crippen LogP contribution in [0.25, 0.3) is 6.08 Å². The van der Waals surface area contributed by atoms with Crippen LogP contribution >= 0.6 is 0 Å². The number of furan rings is 1. The van der Waals surface area contributed by atoms with E-state index in [9.17, 15) is 19.2 Å². The SMILES string of the molecule is CC(C)(C)C(=O)C(C(=O)OCc1ccccc1)N1C(=O)[C@@H](N2C(=O)OC[C@@H]2c2ccccc2)[C@H]1/C=C/c1ccco1. The molecule has 2 saturated heterocycles. The Hall–Kier alpha value is -4.66. The van der Waals surface area contributed by atoms with Gasteiger partial charge in [0.1, 0.15) is 25.0 Å². The molecule has 2 aliphatic heterocycles. The van der Waals surface area contributed by atoms with Crippen LogP contribution in [-0.4, -0.2) is 58.3 Å². The van der Waals surface area contributed by atoms with Crippen molar-refractivity contribution in [1.82, 2.24) is 9.80 Å². The summed E-state index contributed by atoms with van der Waals surface area (Å²) in [5, 5.41) is 0. The third-order valence-corrected chi connectivity index (χ3v) is 7.26. The number of hydrogen-bond acceptors (Lipinski definition) is 7. The molecule has 0 radical (unpaired) electrons. The quantitative estimate of drug-likeness (QED) is 0.212. The van der Waals surface area contributed by atoms with Gasteiger partial charge in [-0.25, -0.2) is 9.59 Å². The summed E-state index contributed by atoms with van der Waals surface area (Å²) in [4.78, 5) is 56.9. The maximum absolute atomic E-state index is 14.0. The highest BCUT2D eigenvalue weighted by atomic mass is 16.6. The van der Waals surface area contributed by atoms with E-state index in [2.05, 4.69) is 0 Å². The average Bonchev–Trinajstić information content (AvgIpc) is 3.62. The molecule has 212 valence electrons. The van der Waals surface area contributed by atoms with Gasteiger partial charge in [-0.2, -0.15) is 0 Å². The summed E-state index contributed by atoms with van der Waals surface area (Å²) in [5.41, 5.74) is 0.592. The molecule has 41 heavy (non-hydrogen) atoms. The number of carbonyl (C=O) groups is 4. The minimum atomic E-state index is -1.51. The molecule has 0 spiro atoms. The van der Waals surface area contributed by atoms with Gasteiger partial charge in [0.2, 0.25) is 5.91 Å². The van der Waals surface area contributed by atoms with Crippen molar-refractivity contribution in [2.24, 2.45) is 5.41 Å². The molecule has 0 bridgehead atoms. The van der Waals surface area contributed by atoms with Crippen molar-refractivity contribution < 1.29 is 33.1 Å². The first kappa shape index (κ1) is 27.9. The van der Waals surface area contributed by atoms with Gasteiger partial charge in [-0.1, -0.05) is 87.5 Å². The molecule has 2 fully saturated rings. The van der Waals surface area contributed by atoms with Gasteiger partial charge in [0.15, 0.2) is 11.8 Å². The predicted octanol–water partition coefficient (Wildman–Crippen LogP) is 4.79. The lowest BCUT2D eigenvalue weighted by molar-refractivity contribution is -0.175. The number of β-lactam (4-membered cyclic amide) rings is 1. The van der Waals surface area contributed by atoms with E-state index >= 15 is 0 Å². The van der Waals surface area contributed by atoms with Crippen molar-refractivity contribution in [2.75, 3.05) is 6.61 Å². The van der Waals surface area contributed by atoms with E-state index in [0.29, 0.717) is 5.76 Å². The molecular formula is C32H32N2O7. The fraction of sp³-hybridized carbons (Fsp3) is 0.312. The van der Waals surface area contributed by atoms with E-state index in [1.165, 1.54) is 16.1 Å². The second kappa shape index (κ2) is 11.4. The smallest absolute Gasteiger partial charge is 0.411 e. The molecule has 1 aromatic heterocycles. The maximum atomic E-state index is 14.0. The Morgan fingerprint density at radius 3 is 2.32 bits per heavy atom. The highest BCUT2D eigenvalue weighted by Crippen LogP contribution is 2.39. The maximum Gasteiger partial charge on any atom is 0.411 e. The van der Waals surface area contributed by atoms with Gasteiger partial charge >= 0.3 is 12.1 Å². The van der Waals surface area contributed by atoms with Crippen LogP contribution in [0.15, 0.2) is 89.6 Å². The monoisotopic (exact) mass is 556 g/mol. The zero-order chi connectivity index (χ0) is 29.1. The highest BCUT2D eigenvalue weighted by molar-refractivity contribution is 6.10. The number of amides is 2. The van der Waals surface area contributed by atoms with Crippen LogP contribution in [0.2, 0.25) is 0 Å². The predicted molar refractivity (Wildman–Crippen MR) is 149 cm³/mol. The molecular weight excluding hydrogens is 524 g/mol. The number of carbonyl (C=O) groups excluding carboxylic acids is 4. The number of ether oxygens (including phenoxy) is 2. The molecule has 0 N–H and O–H groups in total. The number of likely N-dealkylation sites (tertiary alicyclic amines) is 1. The lowest BCUT2D eigenvalue weighted by atomic mass is 9.81. The first-order valence-corrected chi connectivity index (χ1v) is 13.5. The van der Waals surface area contributed by atoms with E-state index in [1.807, 2.05) is 48.5 Å². The van der Waals surface area contributed by atoms with Crippen molar-refractivity contribution >= 4 is 29.8 Å². The second-order valence-corrected chi connectivity index (χ2v) is 11.1. The first-order chi connectivity index (χ1) is 19.7. The van der Waals surface area contributed by atoms with Crippen molar-refractivity contribution in [3.8, 4) is 0 Å². The molecule has 2 aromatic carbocycles. The van der Waals surface area contributed by atoms with Crippen LogP contribution in [0.3, 0.4) is 0 Å². The van der Waals surface area contributed by atoms with Crippen LogP contribution in [-0.2, 0) is 30.5 Å². The van der Waals surface area contributed by atoms with E-state index in [4.69, 9.17) is 13.9 Å². The topological polar surface area (TPSA) is 106 Å². The van der Waals surface area contributed by atoms with Gasteiger partial charge in [0, 0.05) is 5.41 Å². The summed E-state index contributed by atoms with van der Waals surface area (Å²) in [6.07, 6.45) is 4.20. The summed E-state index contributed by atoms with van der Waals surface area (Å²) in [6.45, 7) is 5.08. The molecule has 1 unspecified atom stereocenters. The average molecular weight is 557 g/mol. The largest absolute Gasteiger partial charge is 0.465 e. The Bertz CT molecular complexity index is 1430. The van der Waals surface area contributed by atoms with Gasteiger partial charge in [-0.05, 0) is 29.3 Å². The van der Waals surface area contributed by atoms with E-state index in [1.54, 1.807) is 57.2 Å². The molecule has 9 nitrogen and oxygen atoms in total. The number of cyclic esters (lactones) is 1. The van der Waals surface area contributed by atoms with Gasteiger partial charge in [0.25, 0.3) is 0 Å². The molecule has 2 aliphatic rings. The highest BCUT2D eigenvalue weighted by Gasteiger charge is 2.60. The first-order valence-electron chi connectivity index (χ1n) is 13.5. The second-order valence-electron chi connectivity index (χ2n) is 11.1. The van der Waals surface area contributed by atoms with Gasteiger partial charge < -0.3 is 18.8 Å². The fourth-order valence-electron chi connectivity index (χ4n) is 5.11. The van der Waals surface area contributed by atoms with Crippen molar-refractivity contribution in [3.05, 3.63) is 102 Å². The molecule has 2 amide bonds. The van der Waals surface area contributed by atoms with Crippen LogP contribution in [0.4, 0.5) is 4.79 Å². The minimum absolute atomic E-state index is 0.0551. The van der Waals surface area contributed by atoms with Crippen LogP contribution < -0.4 is 0 Å². The fourth-order valence-corrected chi connectivity index (χ4v) is 5.11. The number of Topliss-reactive ketones (excluding diaryl/α,β-unsaturated/α-hetero) is 1. The Balaban J connectivity index is 1.50. The number of hydrogen-bond donors (Lipinski definition) is 0. The Morgan fingerprint density at radius 2 is 1.68 bits per heavy atom. The summed E-state index contributed by atoms with van der Waals surface area (Å²) >= 11 is 0. The van der Waals surface area contributed by atoms with Gasteiger partial charge in [-0.15, -0.1) is 0 Å². The minimum Gasteiger partial charge on any atom is -0.465 e. The molecule has 3 heterocycles. The lowest BCUT2D eigenvalue weighted by Gasteiger charge is -2.52. The van der Waals surface area contributed by atoms with E-state index in [-0.39, 0.29) is 13.2 Å². The molecule has 0 saturated carbocycles. The summed E-state index contributed by atoms with van der Waals surface area (Å²) in [6, 6.07) is 18.0. The number of ketones is 1. The molecule has 4 atom stereocenters. The van der Waals surface area contributed by atoms with E-state index in [0.717, 1.165) is 11.1 Å². The van der Waals surface area contributed by atoms with Crippen molar-refractivity contribution in [2.45, 2.75) is 51.5 Å². The van der Waals surface area contributed by atoms with Crippen LogP contribution in [0.5, 0.6) is 0 Å². The van der Waals surface area contributed by atoms with Crippen LogP contribution in [0.1, 0.15) is 43.7 Å². The number of esters is 1. The zero-order valence-corrected chi connectivity index (χ0v) is 23.1. The molecule has 0 aliphatic carbocycles. The molecule has 9 heteroatoms.